The van der Waals surface area contributed by atoms with Crippen molar-refractivity contribution in [1.29, 1.82) is 0 Å². The molecule has 0 saturated carbocycles. The SMILES string of the molecule is O=C(CO)Nc1ccccc1-c1nc(-c2ccccc2)n[nH]1. The van der Waals surface area contributed by atoms with Crippen LogP contribution in [-0.2, 0) is 4.79 Å². The minimum Gasteiger partial charge on any atom is -0.387 e. The summed E-state index contributed by atoms with van der Waals surface area (Å²) in [4.78, 5) is 15.8. The minimum absolute atomic E-state index is 0.477. The highest BCUT2D eigenvalue weighted by atomic mass is 16.3. The van der Waals surface area contributed by atoms with Crippen molar-refractivity contribution in [3.05, 3.63) is 54.6 Å². The van der Waals surface area contributed by atoms with Gasteiger partial charge in [-0.3, -0.25) is 9.89 Å². The minimum atomic E-state index is -0.569. The number of aliphatic hydroxyl groups excluding tert-OH is 1. The van der Waals surface area contributed by atoms with Crippen molar-refractivity contribution in [3.63, 3.8) is 0 Å². The number of rotatable bonds is 4. The van der Waals surface area contributed by atoms with E-state index >= 15 is 0 Å². The molecule has 110 valence electrons. The number of benzene rings is 2. The van der Waals surface area contributed by atoms with Gasteiger partial charge in [-0.25, -0.2) is 4.98 Å². The second kappa shape index (κ2) is 6.19. The number of carbonyl (C=O) groups excluding carboxylic acids is 1. The van der Waals surface area contributed by atoms with Gasteiger partial charge in [0.1, 0.15) is 6.61 Å². The normalized spacial score (nSPS) is 10.4. The summed E-state index contributed by atoms with van der Waals surface area (Å²) < 4.78 is 0. The molecular weight excluding hydrogens is 280 g/mol. The molecule has 0 fully saturated rings. The van der Waals surface area contributed by atoms with Crippen molar-refractivity contribution in [1.82, 2.24) is 15.2 Å². The van der Waals surface area contributed by atoms with Gasteiger partial charge in [0.05, 0.1) is 5.69 Å². The molecule has 1 amide bonds. The van der Waals surface area contributed by atoms with Crippen LogP contribution >= 0.6 is 0 Å². The second-order valence-electron chi connectivity index (χ2n) is 4.63. The van der Waals surface area contributed by atoms with Crippen LogP contribution < -0.4 is 5.32 Å². The molecule has 0 aliphatic rings. The molecule has 1 heterocycles. The van der Waals surface area contributed by atoms with Gasteiger partial charge < -0.3 is 10.4 Å². The van der Waals surface area contributed by atoms with Crippen LogP contribution in [0.5, 0.6) is 0 Å². The Morgan fingerprint density at radius 1 is 1.09 bits per heavy atom. The second-order valence-corrected chi connectivity index (χ2v) is 4.63. The lowest BCUT2D eigenvalue weighted by Crippen LogP contribution is -2.16. The molecule has 6 nitrogen and oxygen atoms in total. The predicted octanol–water partition coefficient (Wildman–Crippen LogP) is 2.07. The maximum Gasteiger partial charge on any atom is 0.250 e. The van der Waals surface area contributed by atoms with Crippen LogP contribution in [0, 0.1) is 0 Å². The molecule has 0 unspecified atom stereocenters. The van der Waals surface area contributed by atoms with Crippen LogP contribution in [0.2, 0.25) is 0 Å². The highest BCUT2D eigenvalue weighted by Crippen LogP contribution is 2.26. The molecule has 6 heteroatoms. The van der Waals surface area contributed by atoms with E-state index in [-0.39, 0.29) is 0 Å². The zero-order valence-corrected chi connectivity index (χ0v) is 11.7. The van der Waals surface area contributed by atoms with Crippen molar-refractivity contribution in [3.8, 4) is 22.8 Å². The molecule has 0 radical (unpaired) electrons. The highest BCUT2D eigenvalue weighted by Gasteiger charge is 2.12. The fraction of sp³-hybridized carbons (Fsp3) is 0.0625. The van der Waals surface area contributed by atoms with E-state index in [9.17, 15) is 4.79 Å². The zero-order chi connectivity index (χ0) is 15.4. The van der Waals surface area contributed by atoms with Gasteiger partial charge in [0.25, 0.3) is 0 Å². The number of nitrogens with zero attached hydrogens (tertiary/aromatic N) is 2. The van der Waals surface area contributed by atoms with Gasteiger partial charge in [0.15, 0.2) is 11.6 Å². The van der Waals surface area contributed by atoms with Crippen LogP contribution in [0.15, 0.2) is 54.6 Å². The predicted molar refractivity (Wildman–Crippen MR) is 83.0 cm³/mol. The van der Waals surface area contributed by atoms with E-state index in [1.165, 1.54) is 0 Å². The molecule has 1 aromatic heterocycles. The van der Waals surface area contributed by atoms with Crippen LogP contribution in [0.3, 0.4) is 0 Å². The van der Waals surface area contributed by atoms with E-state index in [1.54, 1.807) is 12.1 Å². The summed E-state index contributed by atoms with van der Waals surface area (Å²) in [6, 6.07) is 16.8. The number of amides is 1. The van der Waals surface area contributed by atoms with Gasteiger partial charge in [-0.2, -0.15) is 5.10 Å². The van der Waals surface area contributed by atoms with Crippen LogP contribution in [-0.4, -0.2) is 32.8 Å². The van der Waals surface area contributed by atoms with Crippen molar-refractivity contribution < 1.29 is 9.90 Å². The monoisotopic (exact) mass is 294 g/mol. The average Bonchev–Trinajstić information content (AvgIpc) is 3.06. The molecule has 2 aromatic carbocycles. The molecule has 0 atom stereocenters. The number of para-hydroxylation sites is 1. The van der Waals surface area contributed by atoms with E-state index < -0.39 is 12.5 Å². The number of aromatic nitrogens is 3. The number of hydrogen-bond acceptors (Lipinski definition) is 4. The van der Waals surface area contributed by atoms with Gasteiger partial charge in [-0.15, -0.1) is 0 Å². The smallest absolute Gasteiger partial charge is 0.250 e. The van der Waals surface area contributed by atoms with E-state index in [0.29, 0.717) is 22.9 Å². The Morgan fingerprint density at radius 3 is 2.59 bits per heavy atom. The lowest BCUT2D eigenvalue weighted by molar-refractivity contribution is -0.118. The summed E-state index contributed by atoms with van der Waals surface area (Å²) in [5.41, 5.74) is 2.18. The Labute approximate surface area is 126 Å². The largest absolute Gasteiger partial charge is 0.387 e. The first-order valence-electron chi connectivity index (χ1n) is 6.76. The number of carbonyl (C=O) groups is 1. The summed E-state index contributed by atoms with van der Waals surface area (Å²) in [7, 11) is 0. The Balaban J connectivity index is 1.95. The first kappa shape index (κ1) is 14.0. The molecule has 3 N–H and O–H groups in total. The molecule has 3 aromatic rings. The molecular formula is C16H14N4O2. The third-order valence-corrected chi connectivity index (χ3v) is 3.12. The fourth-order valence-electron chi connectivity index (χ4n) is 2.09. The molecule has 0 aliphatic heterocycles. The van der Waals surface area contributed by atoms with E-state index in [4.69, 9.17) is 5.11 Å². The van der Waals surface area contributed by atoms with Gasteiger partial charge in [-0.1, -0.05) is 42.5 Å². The van der Waals surface area contributed by atoms with Gasteiger partial charge in [0.2, 0.25) is 5.91 Å². The number of anilines is 1. The summed E-state index contributed by atoms with van der Waals surface area (Å²) in [6.45, 7) is -0.569. The first-order valence-corrected chi connectivity index (χ1v) is 6.76. The van der Waals surface area contributed by atoms with Crippen molar-refractivity contribution >= 4 is 11.6 Å². The third-order valence-electron chi connectivity index (χ3n) is 3.12. The quantitative estimate of drug-likeness (QED) is 0.687. The number of aromatic amines is 1. The molecule has 3 rings (SSSR count). The molecule has 0 spiro atoms. The topological polar surface area (TPSA) is 90.9 Å². The first-order chi connectivity index (χ1) is 10.8. The summed E-state index contributed by atoms with van der Waals surface area (Å²) in [5.74, 6) is 0.654. The summed E-state index contributed by atoms with van der Waals surface area (Å²) >= 11 is 0. The van der Waals surface area contributed by atoms with Crippen LogP contribution in [0.4, 0.5) is 5.69 Å². The average molecular weight is 294 g/mol. The van der Waals surface area contributed by atoms with E-state index in [1.807, 2.05) is 42.5 Å². The fourth-order valence-corrected chi connectivity index (χ4v) is 2.09. The third kappa shape index (κ3) is 2.87. The maximum atomic E-state index is 11.4. The van der Waals surface area contributed by atoms with Crippen molar-refractivity contribution in [2.45, 2.75) is 0 Å². The summed E-state index contributed by atoms with van der Waals surface area (Å²) in [6.07, 6.45) is 0. The maximum absolute atomic E-state index is 11.4. The van der Waals surface area contributed by atoms with Crippen LogP contribution in [0.25, 0.3) is 22.8 Å². The Morgan fingerprint density at radius 2 is 1.82 bits per heavy atom. The number of aliphatic hydroxyl groups is 1. The Bertz CT molecular complexity index is 784. The number of nitrogens with one attached hydrogen (secondary N) is 2. The molecule has 0 aliphatic carbocycles. The van der Waals surface area contributed by atoms with E-state index in [0.717, 1.165) is 5.56 Å². The van der Waals surface area contributed by atoms with Gasteiger partial charge in [0, 0.05) is 11.1 Å². The van der Waals surface area contributed by atoms with Crippen LogP contribution in [0.1, 0.15) is 0 Å². The van der Waals surface area contributed by atoms with Crippen molar-refractivity contribution in [2.24, 2.45) is 0 Å². The molecule has 22 heavy (non-hydrogen) atoms. The van der Waals surface area contributed by atoms with Crippen molar-refractivity contribution in [2.75, 3.05) is 11.9 Å². The Kier molecular flexibility index (Phi) is 3.93. The lowest BCUT2D eigenvalue weighted by Gasteiger charge is -2.07. The van der Waals surface area contributed by atoms with Gasteiger partial charge >= 0.3 is 0 Å². The molecule has 0 saturated heterocycles. The lowest BCUT2D eigenvalue weighted by atomic mass is 10.1. The zero-order valence-electron chi connectivity index (χ0n) is 11.7. The number of hydrogen-bond donors (Lipinski definition) is 3. The highest BCUT2D eigenvalue weighted by molar-refractivity contribution is 5.95. The Hall–Kier alpha value is -2.99. The number of H-pyrrole nitrogens is 1. The van der Waals surface area contributed by atoms with Gasteiger partial charge in [-0.05, 0) is 12.1 Å². The molecule has 0 bridgehead atoms. The standard InChI is InChI=1S/C16H14N4O2/c21-10-14(22)17-13-9-5-4-8-12(13)16-18-15(19-20-16)11-6-2-1-3-7-11/h1-9,21H,10H2,(H,17,22)(H,18,19,20). The summed E-state index contributed by atoms with van der Waals surface area (Å²) in [5, 5.41) is 18.6. The van der Waals surface area contributed by atoms with E-state index in [2.05, 4.69) is 20.5 Å².